The molecular weight excluding hydrogens is 348 g/mol. The molecule has 0 saturated carbocycles. The quantitative estimate of drug-likeness (QED) is 0.373. The van der Waals surface area contributed by atoms with Crippen molar-refractivity contribution in [2.24, 2.45) is 0 Å². The van der Waals surface area contributed by atoms with E-state index in [0.717, 1.165) is 56.0 Å². The molecule has 5 heteroatoms. The molecule has 0 unspecified atom stereocenters. The number of H-pyrrole nitrogens is 2. The molecule has 0 aliphatic rings. The van der Waals surface area contributed by atoms with Crippen molar-refractivity contribution >= 4 is 43.9 Å². The van der Waals surface area contributed by atoms with Gasteiger partial charge in [-0.3, -0.25) is 9.97 Å². The SMILES string of the molecule is CC.CC.CCCOc1cc2c3ncccc3[nH]c2c2c1[nH]c1cccnc12. The maximum absolute atomic E-state index is 6.02. The van der Waals surface area contributed by atoms with E-state index in [1.165, 1.54) is 0 Å². The first kappa shape index (κ1) is 19.7. The number of ether oxygens (including phenoxy) is 1. The normalized spacial score (nSPS) is 10.6. The average Bonchev–Trinajstić information content (AvgIpc) is 3.33. The number of pyridine rings is 2. The van der Waals surface area contributed by atoms with Crippen molar-refractivity contribution in [1.29, 1.82) is 0 Å². The minimum Gasteiger partial charge on any atom is -0.491 e. The van der Waals surface area contributed by atoms with Crippen molar-refractivity contribution in [3.8, 4) is 5.75 Å². The van der Waals surface area contributed by atoms with Crippen molar-refractivity contribution in [3.63, 3.8) is 0 Å². The molecule has 0 atom stereocenters. The molecule has 146 valence electrons. The molecule has 5 rings (SSSR count). The molecule has 0 aliphatic carbocycles. The maximum atomic E-state index is 6.02. The van der Waals surface area contributed by atoms with Gasteiger partial charge in [0.25, 0.3) is 0 Å². The maximum Gasteiger partial charge on any atom is 0.144 e. The molecule has 0 spiro atoms. The van der Waals surface area contributed by atoms with E-state index in [0.29, 0.717) is 6.61 Å². The van der Waals surface area contributed by atoms with Gasteiger partial charge in [-0.25, -0.2) is 0 Å². The molecule has 0 amide bonds. The largest absolute Gasteiger partial charge is 0.491 e. The van der Waals surface area contributed by atoms with E-state index in [4.69, 9.17) is 4.74 Å². The van der Waals surface area contributed by atoms with Crippen molar-refractivity contribution in [2.75, 3.05) is 6.61 Å². The molecule has 2 N–H and O–H groups in total. The number of hydrogen-bond acceptors (Lipinski definition) is 3. The van der Waals surface area contributed by atoms with Gasteiger partial charge in [0.05, 0.1) is 45.1 Å². The van der Waals surface area contributed by atoms with E-state index in [1.807, 2.05) is 64.4 Å². The highest BCUT2D eigenvalue weighted by Gasteiger charge is 2.17. The average molecular weight is 377 g/mol. The minimum absolute atomic E-state index is 0.680. The predicted octanol–water partition coefficient (Wildman–Crippen LogP) is 6.59. The zero-order chi connectivity index (χ0) is 20.1. The van der Waals surface area contributed by atoms with Crippen molar-refractivity contribution in [2.45, 2.75) is 41.0 Å². The van der Waals surface area contributed by atoms with Gasteiger partial charge in [0, 0.05) is 17.8 Å². The summed E-state index contributed by atoms with van der Waals surface area (Å²) in [6, 6.07) is 10.0. The van der Waals surface area contributed by atoms with E-state index in [2.05, 4.69) is 32.9 Å². The number of nitrogens with zero attached hydrogens (tertiary/aromatic N) is 2. The lowest BCUT2D eigenvalue weighted by Crippen LogP contribution is -1.95. The number of benzene rings is 1. The Bertz CT molecular complexity index is 1200. The summed E-state index contributed by atoms with van der Waals surface area (Å²) in [4.78, 5) is 16.1. The van der Waals surface area contributed by atoms with Gasteiger partial charge in [0.2, 0.25) is 0 Å². The monoisotopic (exact) mass is 376 g/mol. The summed E-state index contributed by atoms with van der Waals surface area (Å²) in [6.07, 6.45) is 4.60. The number of hydrogen-bond donors (Lipinski definition) is 2. The predicted molar refractivity (Wildman–Crippen MR) is 119 cm³/mol. The van der Waals surface area contributed by atoms with Gasteiger partial charge in [-0.1, -0.05) is 34.6 Å². The van der Waals surface area contributed by atoms with Crippen LogP contribution in [-0.2, 0) is 0 Å². The smallest absolute Gasteiger partial charge is 0.144 e. The van der Waals surface area contributed by atoms with Crippen LogP contribution in [0.5, 0.6) is 5.75 Å². The zero-order valence-electron chi connectivity index (χ0n) is 17.3. The third kappa shape index (κ3) is 3.17. The van der Waals surface area contributed by atoms with Gasteiger partial charge in [-0.05, 0) is 36.8 Å². The fourth-order valence-electron chi connectivity index (χ4n) is 3.36. The van der Waals surface area contributed by atoms with Crippen molar-refractivity contribution in [1.82, 2.24) is 19.9 Å². The van der Waals surface area contributed by atoms with Gasteiger partial charge in [-0.15, -0.1) is 0 Å². The molecule has 0 saturated heterocycles. The fraction of sp³-hybridized carbons (Fsp3) is 0.304. The highest BCUT2D eigenvalue weighted by molar-refractivity contribution is 6.24. The molecule has 0 bridgehead atoms. The standard InChI is InChI=1S/C19H16N4O.2C2H6/c1-2-9-24-14-10-11-16-12(5-3-7-20-16)22-17(11)15-18-13(23-19(14)15)6-4-8-21-18;2*1-2/h3-8,10,22-23H,2,9H2,1H3;2*1-2H3. The van der Waals surface area contributed by atoms with Gasteiger partial charge < -0.3 is 14.7 Å². The van der Waals surface area contributed by atoms with Crippen LogP contribution in [-0.4, -0.2) is 26.5 Å². The Morgan fingerprint density at radius 3 is 2.14 bits per heavy atom. The third-order valence-electron chi connectivity index (χ3n) is 4.38. The number of aromatic nitrogens is 4. The highest BCUT2D eigenvalue weighted by Crippen LogP contribution is 2.39. The van der Waals surface area contributed by atoms with Crippen LogP contribution < -0.4 is 4.74 Å². The van der Waals surface area contributed by atoms with Crippen LogP contribution in [0.1, 0.15) is 41.0 Å². The van der Waals surface area contributed by atoms with Crippen LogP contribution in [0.3, 0.4) is 0 Å². The third-order valence-corrected chi connectivity index (χ3v) is 4.38. The Morgan fingerprint density at radius 2 is 1.46 bits per heavy atom. The zero-order valence-corrected chi connectivity index (χ0v) is 17.3. The molecule has 4 aromatic heterocycles. The van der Waals surface area contributed by atoms with Gasteiger partial charge >= 0.3 is 0 Å². The van der Waals surface area contributed by atoms with Crippen LogP contribution >= 0.6 is 0 Å². The topological polar surface area (TPSA) is 66.6 Å². The summed E-state index contributed by atoms with van der Waals surface area (Å²) in [6.45, 7) is 10.8. The molecular formula is C23H28N4O. The number of rotatable bonds is 3. The van der Waals surface area contributed by atoms with E-state index in [1.54, 1.807) is 0 Å². The molecule has 4 heterocycles. The first-order chi connectivity index (χ1) is 13.9. The van der Waals surface area contributed by atoms with Crippen LogP contribution in [0.25, 0.3) is 43.9 Å². The Hall–Kier alpha value is -3.08. The number of fused-ring (bicyclic) bond motifs is 7. The van der Waals surface area contributed by atoms with Crippen LogP contribution in [0.4, 0.5) is 0 Å². The summed E-state index contributed by atoms with van der Waals surface area (Å²) in [5.41, 5.74) is 5.97. The van der Waals surface area contributed by atoms with Gasteiger partial charge in [0.1, 0.15) is 5.75 Å². The Kier molecular flexibility index (Phi) is 6.14. The Labute approximate surface area is 165 Å². The molecule has 1 aromatic carbocycles. The summed E-state index contributed by atoms with van der Waals surface area (Å²) >= 11 is 0. The molecule has 0 radical (unpaired) electrons. The van der Waals surface area contributed by atoms with Crippen molar-refractivity contribution < 1.29 is 4.74 Å². The van der Waals surface area contributed by atoms with Gasteiger partial charge in [-0.2, -0.15) is 0 Å². The van der Waals surface area contributed by atoms with Crippen LogP contribution in [0.15, 0.2) is 42.7 Å². The lowest BCUT2D eigenvalue weighted by atomic mass is 10.1. The molecule has 5 nitrogen and oxygen atoms in total. The summed E-state index contributed by atoms with van der Waals surface area (Å²) in [7, 11) is 0. The lowest BCUT2D eigenvalue weighted by Gasteiger charge is -2.07. The van der Waals surface area contributed by atoms with E-state index < -0.39 is 0 Å². The first-order valence-corrected chi connectivity index (χ1v) is 10.2. The molecule has 0 fully saturated rings. The lowest BCUT2D eigenvalue weighted by molar-refractivity contribution is 0.321. The minimum atomic E-state index is 0.680. The highest BCUT2D eigenvalue weighted by atomic mass is 16.5. The second-order valence-electron chi connectivity index (χ2n) is 5.94. The number of aromatic amines is 2. The fourth-order valence-corrected chi connectivity index (χ4v) is 3.36. The number of nitrogens with one attached hydrogen (secondary N) is 2. The van der Waals surface area contributed by atoms with Crippen LogP contribution in [0.2, 0.25) is 0 Å². The van der Waals surface area contributed by atoms with E-state index in [9.17, 15) is 0 Å². The Balaban J connectivity index is 0.000000531. The molecule has 28 heavy (non-hydrogen) atoms. The van der Waals surface area contributed by atoms with Gasteiger partial charge in [0.15, 0.2) is 0 Å². The Morgan fingerprint density at radius 1 is 0.857 bits per heavy atom. The first-order valence-electron chi connectivity index (χ1n) is 10.2. The summed E-state index contributed by atoms with van der Waals surface area (Å²) in [5.74, 6) is 0.851. The summed E-state index contributed by atoms with van der Waals surface area (Å²) < 4.78 is 6.02. The molecule has 5 aromatic rings. The molecule has 0 aliphatic heterocycles. The summed E-state index contributed by atoms with van der Waals surface area (Å²) in [5, 5.41) is 2.13. The van der Waals surface area contributed by atoms with E-state index in [-0.39, 0.29) is 0 Å². The second kappa shape index (κ2) is 8.74. The van der Waals surface area contributed by atoms with E-state index >= 15 is 0 Å². The van der Waals surface area contributed by atoms with Crippen molar-refractivity contribution in [3.05, 3.63) is 42.7 Å². The van der Waals surface area contributed by atoms with Crippen LogP contribution in [0, 0.1) is 0 Å². The second-order valence-corrected chi connectivity index (χ2v) is 5.94.